The lowest BCUT2D eigenvalue weighted by Crippen LogP contribution is -2.31. The molecule has 5 nitrogen and oxygen atoms in total. The molecule has 0 unspecified atom stereocenters. The third kappa shape index (κ3) is 4.74. The fourth-order valence-electron chi connectivity index (χ4n) is 3.67. The van der Waals surface area contributed by atoms with E-state index in [4.69, 9.17) is 16.4 Å². The number of fused-ring (bicyclic) bond motifs is 1. The SMILES string of the molecule is Cc1ccccc1-c1csc2c(F)cc(COc3ccc(CC/C(=N/N)NN)cc3)cc12. The average Bonchev–Trinajstić information content (AvgIpc) is 3.24. The third-order valence-corrected chi connectivity index (χ3v) is 6.43. The Bertz CT molecular complexity index is 1250. The van der Waals surface area contributed by atoms with Crippen LogP contribution in [0.1, 0.15) is 23.1 Å². The molecule has 0 fully saturated rings. The van der Waals surface area contributed by atoms with Gasteiger partial charge in [-0.1, -0.05) is 36.4 Å². The molecule has 0 radical (unpaired) electrons. The van der Waals surface area contributed by atoms with Crippen LogP contribution >= 0.6 is 11.3 Å². The monoisotopic (exact) mass is 448 g/mol. The number of ether oxygens (including phenoxy) is 1. The highest BCUT2D eigenvalue weighted by Crippen LogP contribution is 2.37. The summed E-state index contributed by atoms with van der Waals surface area (Å²) in [7, 11) is 0. The van der Waals surface area contributed by atoms with Gasteiger partial charge >= 0.3 is 0 Å². The fraction of sp³-hybridized carbons (Fsp3) is 0.160. The molecule has 3 aromatic carbocycles. The van der Waals surface area contributed by atoms with Crippen molar-refractivity contribution in [2.24, 2.45) is 16.8 Å². The molecule has 32 heavy (non-hydrogen) atoms. The molecule has 0 spiro atoms. The van der Waals surface area contributed by atoms with E-state index in [0.717, 1.165) is 39.8 Å². The molecule has 1 aromatic heterocycles. The summed E-state index contributed by atoms with van der Waals surface area (Å²) >= 11 is 1.43. The van der Waals surface area contributed by atoms with Gasteiger partial charge in [0.15, 0.2) is 0 Å². The molecule has 0 aliphatic carbocycles. The van der Waals surface area contributed by atoms with Crippen molar-refractivity contribution in [3.05, 3.63) is 88.6 Å². The lowest BCUT2D eigenvalue weighted by atomic mass is 9.99. The number of aryl methyl sites for hydroxylation is 2. The molecule has 0 saturated carbocycles. The van der Waals surface area contributed by atoms with Crippen molar-refractivity contribution in [1.29, 1.82) is 0 Å². The van der Waals surface area contributed by atoms with E-state index in [1.54, 1.807) is 6.07 Å². The second-order valence-corrected chi connectivity index (χ2v) is 8.45. The van der Waals surface area contributed by atoms with Crippen LogP contribution in [0.4, 0.5) is 4.39 Å². The first kappa shape index (κ1) is 21.8. The number of hydrogen-bond donors (Lipinski definition) is 3. The number of nitrogens with zero attached hydrogens (tertiary/aromatic N) is 1. The van der Waals surface area contributed by atoms with Crippen LogP contribution in [0.5, 0.6) is 5.75 Å². The summed E-state index contributed by atoms with van der Waals surface area (Å²) in [6.07, 6.45) is 1.37. The minimum Gasteiger partial charge on any atom is -0.489 e. The van der Waals surface area contributed by atoms with Gasteiger partial charge in [-0.05, 0) is 65.2 Å². The van der Waals surface area contributed by atoms with Gasteiger partial charge in [-0.25, -0.2) is 10.2 Å². The third-order valence-electron chi connectivity index (χ3n) is 5.43. The first-order chi connectivity index (χ1) is 15.6. The number of rotatable bonds is 7. The summed E-state index contributed by atoms with van der Waals surface area (Å²) in [6.45, 7) is 2.36. The second-order valence-electron chi connectivity index (χ2n) is 7.57. The van der Waals surface area contributed by atoms with Gasteiger partial charge in [0, 0.05) is 17.4 Å². The Morgan fingerprint density at radius 3 is 2.56 bits per heavy atom. The summed E-state index contributed by atoms with van der Waals surface area (Å²) in [6, 6.07) is 19.5. The molecule has 0 saturated heterocycles. The van der Waals surface area contributed by atoms with E-state index in [9.17, 15) is 4.39 Å². The lowest BCUT2D eigenvalue weighted by molar-refractivity contribution is 0.306. The minimum atomic E-state index is -0.216. The van der Waals surface area contributed by atoms with E-state index in [0.29, 0.717) is 17.0 Å². The Morgan fingerprint density at radius 1 is 1.06 bits per heavy atom. The van der Waals surface area contributed by atoms with Crippen molar-refractivity contribution >= 4 is 27.3 Å². The molecule has 1 heterocycles. The van der Waals surface area contributed by atoms with Gasteiger partial charge in [-0.2, -0.15) is 5.10 Å². The van der Waals surface area contributed by atoms with Crippen molar-refractivity contribution in [1.82, 2.24) is 5.43 Å². The van der Waals surface area contributed by atoms with Crippen LogP contribution in [0.2, 0.25) is 0 Å². The predicted molar refractivity (Wildman–Crippen MR) is 130 cm³/mol. The number of amidine groups is 1. The number of halogens is 1. The molecule has 5 N–H and O–H groups in total. The zero-order valence-corrected chi connectivity index (χ0v) is 18.6. The molecule has 0 bridgehead atoms. The maximum Gasteiger partial charge on any atom is 0.141 e. The molecule has 0 aliphatic rings. The molecule has 0 aliphatic heterocycles. The first-order valence-electron chi connectivity index (χ1n) is 10.3. The first-order valence-corrected chi connectivity index (χ1v) is 11.2. The topological polar surface area (TPSA) is 85.7 Å². The average molecular weight is 449 g/mol. The van der Waals surface area contributed by atoms with Crippen molar-refractivity contribution in [2.45, 2.75) is 26.4 Å². The predicted octanol–water partition coefficient (Wildman–Crippen LogP) is 5.26. The lowest BCUT2D eigenvalue weighted by Gasteiger charge is -2.10. The Labute approximate surface area is 190 Å². The smallest absolute Gasteiger partial charge is 0.141 e. The highest BCUT2D eigenvalue weighted by molar-refractivity contribution is 7.17. The van der Waals surface area contributed by atoms with Gasteiger partial charge in [0.1, 0.15) is 24.0 Å². The molecule has 4 aromatic rings. The largest absolute Gasteiger partial charge is 0.489 e. The van der Waals surface area contributed by atoms with E-state index in [-0.39, 0.29) is 12.4 Å². The summed E-state index contributed by atoms with van der Waals surface area (Å²) in [5.41, 5.74) is 7.73. The standard InChI is InChI=1S/C25H25FN4OS/c1-16-4-2-3-5-20(16)22-15-32-25-21(22)12-18(13-23(25)26)14-31-19-9-6-17(7-10-19)8-11-24(29-27)30-28/h2-7,9-10,12-13,15H,8,11,14,27-28H2,1H3,(H,29,30). The quantitative estimate of drug-likeness (QED) is 0.156. The van der Waals surface area contributed by atoms with E-state index < -0.39 is 0 Å². The summed E-state index contributed by atoms with van der Waals surface area (Å²) in [5, 5.41) is 6.53. The summed E-state index contributed by atoms with van der Waals surface area (Å²) < 4.78 is 21.4. The van der Waals surface area contributed by atoms with Crippen LogP contribution in [-0.2, 0) is 13.0 Å². The molecule has 4 rings (SSSR count). The Kier molecular flexibility index (Phi) is 6.68. The maximum atomic E-state index is 14.8. The summed E-state index contributed by atoms with van der Waals surface area (Å²) in [5.74, 6) is 11.7. The zero-order chi connectivity index (χ0) is 22.5. The normalized spacial score (nSPS) is 11.7. The summed E-state index contributed by atoms with van der Waals surface area (Å²) in [4.78, 5) is 0. The Hall–Kier alpha value is -3.42. The second kappa shape index (κ2) is 9.80. The molecule has 7 heteroatoms. The van der Waals surface area contributed by atoms with Crippen molar-refractivity contribution in [2.75, 3.05) is 0 Å². The maximum absolute atomic E-state index is 14.8. The van der Waals surface area contributed by atoms with Crippen LogP contribution < -0.4 is 21.8 Å². The van der Waals surface area contributed by atoms with E-state index in [1.807, 2.05) is 47.8 Å². The van der Waals surface area contributed by atoms with Crippen molar-refractivity contribution < 1.29 is 9.13 Å². The van der Waals surface area contributed by atoms with Crippen LogP contribution in [0.25, 0.3) is 21.2 Å². The van der Waals surface area contributed by atoms with Gasteiger partial charge in [-0.3, -0.25) is 0 Å². The molecule has 0 amide bonds. The Balaban J connectivity index is 1.49. The Morgan fingerprint density at radius 2 is 1.84 bits per heavy atom. The van der Waals surface area contributed by atoms with Gasteiger partial charge in [-0.15, -0.1) is 11.3 Å². The van der Waals surface area contributed by atoms with Gasteiger partial charge in [0.25, 0.3) is 0 Å². The molecular formula is C25H25FN4OS. The minimum absolute atomic E-state index is 0.216. The van der Waals surface area contributed by atoms with Crippen LogP contribution in [0, 0.1) is 12.7 Å². The van der Waals surface area contributed by atoms with E-state index in [1.165, 1.54) is 16.9 Å². The fourth-order valence-corrected chi connectivity index (χ4v) is 4.63. The van der Waals surface area contributed by atoms with E-state index >= 15 is 0 Å². The number of nitrogens with two attached hydrogens (primary N) is 2. The molecule has 164 valence electrons. The van der Waals surface area contributed by atoms with Gasteiger partial charge < -0.3 is 16.0 Å². The number of benzene rings is 3. The molecule has 0 atom stereocenters. The van der Waals surface area contributed by atoms with Gasteiger partial charge in [0.2, 0.25) is 0 Å². The highest BCUT2D eigenvalue weighted by atomic mass is 32.1. The number of hydrazine groups is 1. The zero-order valence-electron chi connectivity index (χ0n) is 17.8. The number of hydrogen-bond acceptors (Lipinski definition) is 5. The number of thiophene rings is 1. The highest BCUT2D eigenvalue weighted by Gasteiger charge is 2.13. The molecular weight excluding hydrogens is 423 g/mol. The van der Waals surface area contributed by atoms with E-state index in [2.05, 4.69) is 29.6 Å². The van der Waals surface area contributed by atoms with Gasteiger partial charge in [0.05, 0.1) is 4.70 Å². The van der Waals surface area contributed by atoms with Crippen LogP contribution in [0.3, 0.4) is 0 Å². The van der Waals surface area contributed by atoms with Crippen molar-refractivity contribution in [3.63, 3.8) is 0 Å². The number of nitrogens with one attached hydrogen (secondary N) is 1. The number of hydrazone groups is 1. The van der Waals surface area contributed by atoms with Crippen LogP contribution in [0.15, 0.2) is 71.1 Å². The van der Waals surface area contributed by atoms with Crippen LogP contribution in [-0.4, -0.2) is 5.84 Å². The van der Waals surface area contributed by atoms with Crippen molar-refractivity contribution in [3.8, 4) is 16.9 Å².